The first-order valence-corrected chi connectivity index (χ1v) is 12.5. The Bertz CT molecular complexity index is 1010. The van der Waals surface area contributed by atoms with E-state index in [0.29, 0.717) is 38.4 Å². The summed E-state index contributed by atoms with van der Waals surface area (Å²) in [7, 11) is 0. The van der Waals surface area contributed by atoms with Gasteiger partial charge in [-0.15, -0.1) is 11.3 Å². The lowest BCUT2D eigenvalue weighted by Crippen LogP contribution is -2.44. The van der Waals surface area contributed by atoms with Crippen molar-refractivity contribution in [3.63, 3.8) is 0 Å². The Morgan fingerprint density at radius 3 is 2.03 bits per heavy atom. The number of nitrogens with zero attached hydrogens (tertiary/aromatic N) is 2. The van der Waals surface area contributed by atoms with Crippen LogP contribution in [0.4, 0.5) is 0 Å². The van der Waals surface area contributed by atoms with Crippen molar-refractivity contribution < 1.29 is 9.59 Å². The van der Waals surface area contributed by atoms with Gasteiger partial charge in [0.2, 0.25) is 11.8 Å². The highest BCUT2D eigenvalue weighted by Gasteiger charge is 2.23. The Morgan fingerprint density at radius 2 is 1.45 bits per heavy atom. The minimum atomic E-state index is -0.0136. The molecule has 5 heteroatoms. The third kappa shape index (κ3) is 7.86. The van der Waals surface area contributed by atoms with Crippen molar-refractivity contribution in [2.24, 2.45) is 5.92 Å². The van der Waals surface area contributed by atoms with Crippen molar-refractivity contribution in [2.45, 2.75) is 46.7 Å². The molecule has 0 spiro atoms. The maximum Gasteiger partial charge on any atom is 0.242 e. The van der Waals surface area contributed by atoms with Crippen LogP contribution in [0, 0.1) is 12.8 Å². The van der Waals surface area contributed by atoms with Gasteiger partial charge in [-0.1, -0.05) is 74.5 Å². The van der Waals surface area contributed by atoms with Crippen molar-refractivity contribution >= 4 is 23.2 Å². The molecular weight excluding hydrogens is 428 g/mol. The van der Waals surface area contributed by atoms with Crippen LogP contribution in [0.15, 0.2) is 72.1 Å². The van der Waals surface area contributed by atoms with Crippen molar-refractivity contribution in [2.75, 3.05) is 13.1 Å². The maximum absolute atomic E-state index is 13.5. The number of hydrogen-bond acceptors (Lipinski definition) is 3. The highest BCUT2D eigenvalue weighted by molar-refractivity contribution is 7.10. The molecule has 33 heavy (non-hydrogen) atoms. The van der Waals surface area contributed by atoms with Crippen LogP contribution in [0.5, 0.6) is 0 Å². The molecule has 0 saturated heterocycles. The van der Waals surface area contributed by atoms with E-state index in [4.69, 9.17) is 0 Å². The largest absolute Gasteiger partial charge is 0.333 e. The maximum atomic E-state index is 13.5. The van der Waals surface area contributed by atoms with Crippen LogP contribution in [0.2, 0.25) is 0 Å². The first kappa shape index (κ1) is 24.7. The molecule has 0 unspecified atom stereocenters. The Balaban J connectivity index is 1.72. The zero-order chi connectivity index (χ0) is 23.6. The molecule has 0 radical (unpaired) electrons. The molecule has 0 aliphatic rings. The number of rotatable bonds is 11. The fourth-order valence-electron chi connectivity index (χ4n) is 3.79. The molecule has 3 rings (SSSR count). The summed E-state index contributed by atoms with van der Waals surface area (Å²) in [5.41, 5.74) is 3.43. The van der Waals surface area contributed by atoms with E-state index in [1.165, 1.54) is 10.4 Å². The van der Waals surface area contributed by atoms with E-state index in [9.17, 15) is 9.59 Å². The lowest BCUT2D eigenvalue weighted by molar-refractivity contribution is -0.141. The van der Waals surface area contributed by atoms with E-state index in [1.807, 2.05) is 65.6 Å². The van der Waals surface area contributed by atoms with Gasteiger partial charge < -0.3 is 9.80 Å². The molecule has 4 nitrogen and oxygen atoms in total. The molecule has 2 aromatic carbocycles. The number of amides is 2. The molecule has 0 atom stereocenters. The van der Waals surface area contributed by atoms with Gasteiger partial charge in [0.15, 0.2) is 0 Å². The second kappa shape index (κ2) is 12.4. The third-order valence-corrected chi connectivity index (χ3v) is 6.61. The molecule has 0 N–H and O–H groups in total. The zero-order valence-electron chi connectivity index (χ0n) is 19.9. The van der Waals surface area contributed by atoms with Crippen molar-refractivity contribution in [1.29, 1.82) is 0 Å². The van der Waals surface area contributed by atoms with Gasteiger partial charge in [0.1, 0.15) is 0 Å². The smallest absolute Gasteiger partial charge is 0.242 e. The fraction of sp³-hybridized carbons (Fsp3) is 0.357. The number of thiophene rings is 1. The Morgan fingerprint density at radius 1 is 0.818 bits per heavy atom. The summed E-state index contributed by atoms with van der Waals surface area (Å²) in [6, 6.07) is 22.2. The van der Waals surface area contributed by atoms with Crippen LogP contribution in [-0.4, -0.2) is 34.7 Å². The van der Waals surface area contributed by atoms with Crippen molar-refractivity contribution in [1.82, 2.24) is 9.80 Å². The van der Waals surface area contributed by atoms with E-state index in [0.717, 1.165) is 11.1 Å². The van der Waals surface area contributed by atoms with Crippen LogP contribution >= 0.6 is 11.3 Å². The molecule has 0 bridgehead atoms. The minimum absolute atomic E-state index is 0.0136. The summed E-state index contributed by atoms with van der Waals surface area (Å²) >= 11 is 1.67. The summed E-state index contributed by atoms with van der Waals surface area (Å²) < 4.78 is 0. The van der Waals surface area contributed by atoms with E-state index < -0.39 is 0 Å². The van der Waals surface area contributed by atoms with Gasteiger partial charge in [-0.2, -0.15) is 0 Å². The van der Waals surface area contributed by atoms with Crippen LogP contribution in [0.25, 0.3) is 0 Å². The van der Waals surface area contributed by atoms with E-state index in [1.54, 1.807) is 16.2 Å². The second-order valence-corrected chi connectivity index (χ2v) is 9.92. The van der Waals surface area contributed by atoms with E-state index in [2.05, 4.69) is 32.2 Å². The van der Waals surface area contributed by atoms with Gasteiger partial charge in [-0.05, 0) is 47.4 Å². The van der Waals surface area contributed by atoms with Crippen LogP contribution < -0.4 is 0 Å². The zero-order valence-corrected chi connectivity index (χ0v) is 20.7. The number of carbonyl (C=O) groups excluding carboxylic acids is 2. The topological polar surface area (TPSA) is 40.6 Å². The number of carbonyl (C=O) groups is 2. The standard InChI is InChI=1S/C28H34N2O2S/c1-22(2)18-29(27(31)15-14-24-10-6-4-7-11-24)21-28(32)30(19-25-12-8-5-9-13-25)20-26-23(3)16-17-33-26/h4-13,16-17,22H,14-15,18-21H2,1-3H3. The van der Waals surface area contributed by atoms with Crippen molar-refractivity contribution in [3.05, 3.63) is 93.7 Å². The Labute approximate surface area is 201 Å². The predicted octanol–water partition coefficient (Wildman–Crippen LogP) is 5.70. The minimum Gasteiger partial charge on any atom is -0.333 e. The first-order chi connectivity index (χ1) is 15.9. The monoisotopic (exact) mass is 462 g/mol. The molecule has 1 aromatic heterocycles. The number of hydrogen-bond donors (Lipinski definition) is 0. The van der Waals surface area contributed by atoms with Crippen LogP contribution in [0.3, 0.4) is 0 Å². The lowest BCUT2D eigenvalue weighted by Gasteiger charge is -2.29. The number of benzene rings is 2. The molecule has 1 heterocycles. The fourth-order valence-corrected chi connectivity index (χ4v) is 4.71. The van der Waals surface area contributed by atoms with Gasteiger partial charge in [0, 0.05) is 24.4 Å². The molecule has 2 amide bonds. The molecular formula is C28H34N2O2S. The first-order valence-electron chi connectivity index (χ1n) is 11.6. The average Bonchev–Trinajstić information content (AvgIpc) is 3.22. The third-order valence-electron chi connectivity index (χ3n) is 5.61. The molecule has 0 aliphatic heterocycles. The van der Waals surface area contributed by atoms with Crippen LogP contribution in [0.1, 0.15) is 41.8 Å². The summed E-state index contributed by atoms with van der Waals surface area (Å²) in [5, 5.41) is 2.06. The number of aryl methyl sites for hydroxylation is 2. The van der Waals surface area contributed by atoms with Crippen LogP contribution in [-0.2, 0) is 29.1 Å². The van der Waals surface area contributed by atoms with E-state index >= 15 is 0 Å². The van der Waals surface area contributed by atoms with Gasteiger partial charge in [-0.25, -0.2) is 0 Å². The molecule has 3 aromatic rings. The van der Waals surface area contributed by atoms with Gasteiger partial charge in [0.25, 0.3) is 0 Å². The Hall–Kier alpha value is -2.92. The summed E-state index contributed by atoms with van der Waals surface area (Å²) in [4.78, 5) is 31.4. The van der Waals surface area contributed by atoms with Gasteiger partial charge >= 0.3 is 0 Å². The van der Waals surface area contributed by atoms with Gasteiger partial charge in [-0.3, -0.25) is 9.59 Å². The normalized spacial score (nSPS) is 10.9. The summed E-state index contributed by atoms with van der Waals surface area (Å²) in [6.07, 6.45) is 1.09. The molecule has 0 fully saturated rings. The highest BCUT2D eigenvalue weighted by atomic mass is 32.1. The quantitative estimate of drug-likeness (QED) is 0.367. The average molecular weight is 463 g/mol. The highest BCUT2D eigenvalue weighted by Crippen LogP contribution is 2.20. The second-order valence-electron chi connectivity index (χ2n) is 8.92. The Kier molecular flexibility index (Phi) is 9.25. The van der Waals surface area contributed by atoms with Crippen molar-refractivity contribution in [3.8, 4) is 0 Å². The summed E-state index contributed by atoms with van der Waals surface area (Å²) in [6.45, 7) is 8.03. The molecule has 0 aliphatic carbocycles. The van der Waals surface area contributed by atoms with E-state index in [-0.39, 0.29) is 18.4 Å². The SMILES string of the molecule is Cc1ccsc1CN(Cc1ccccc1)C(=O)CN(CC(C)C)C(=O)CCc1ccccc1. The summed E-state index contributed by atoms with van der Waals surface area (Å²) in [5.74, 6) is 0.314. The van der Waals surface area contributed by atoms with Gasteiger partial charge in [0.05, 0.1) is 13.1 Å². The lowest BCUT2D eigenvalue weighted by atomic mass is 10.1. The predicted molar refractivity (Wildman–Crippen MR) is 136 cm³/mol. The molecule has 0 saturated carbocycles. The molecule has 174 valence electrons.